The van der Waals surface area contributed by atoms with E-state index in [1.165, 1.54) is 42.7 Å². The Labute approximate surface area is 168 Å². The standard InChI is InChI=1S/2C9H18N.C5H3.Ga/c2*1-8(2)6-5-7-9(3,4)10-8;1-2-4-5-3-1;/h2*5-7H2,1-4H3;1-3H;/q2*-1;;+2. The molecule has 2 aliphatic heterocycles. The maximum absolute atomic E-state index is 3.68. The fourth-order valence-electron chi connectivity index (χ4n) is 6.25. The van der Waals surface area contributed by atoms with Gasteiger partial charge in [-0.05, 0) is 0 Å². The van der Waals surface area contributed by atoms with E-state index in [0.29, 0.717) is 0 Å². The Morgan fingerprint density at radius 2 is 1.12 bits per heavy atom. The van der Waals surface area contributed by atoms with Crippen LogP contribution in [0.3, 0.4) is 0 Å². The number of piperidine rings is 2. The molecule has 0 amide bonds. The van der Waals surface area contributed by atoms with Crippen molar-refractivity contribution >= 4 is 16.7 Å². The molecular formula is C23H39GaN2. The van der Waals surface area contributed by atoms with Gasteiger partial charge in [0.1, 0.15) is 0 Å². The molecule has 2 saturated heterocycles. The maximum atomic E-state index is 3.68. The number of hydrogen-bond donors (Lipinski definition) is 0. The molecule has 0 aromatic rings. The van der Waals surface area contributed by atoms with Gasteiger partial charge in [0, 0.05) is 0 Å². The summed E-state index contributed by atoms with van der Waals surface area (Å²) in [4.78, 5) is 0. The minimum atomic E-state index is -2.25. The molecule has 0 bridgehead atoms. The number of allylic oxidation sites excluding steroid dienone is 3. The summed E-state index contributed by atoms with van der Waals surface area (Å²) in [7, 11) is 0. The number of rotatable bonds is 3. The zero-order valence-corrected chi connectivity index (χ0v) is 20.9. The molecule has 3 aliphatic rings. The van der Waals surface area contributed by atoms with Gasteiger partial charge in [0.05, 0.1) is 0 Å². The van der Waals surface area contributed by atoms with E-state index in [-0.39, 0.29) is 22.2 Å². The molecule has 0 saturated carbocycles. The Bertz CT molecular complexity index is 577. The average molecular weight is 413 g/mol. The SMILES string of the molecule is CC1(C)CCCC(C)(C)[N]1[Ga]([C]1=C=CC=C1)[N]1C(C)(C)CCCC1(C)C. The van der Waals surface area contributed by atoms with Crippen molar-refractivity contribution in [2.75, 3.05) is 0 Å². The van der Waals surface area contributed by atoms with Gasteiger partial charge in [-0.3, -0.25) is 0 Å². The average Bonchev–Trinajstić information content (AvgIpc) is 2.96. The molecule has 0 radical (unpaired) electrons. The predicted octanol–water partition coefficient (Wildman–Crippen LogP) is 5.75. The van der Waals surface area contributed by atoms with E-state index < -0.39 is 16.7 Å². The van der Waals surface area contributed by atoms with E-state index in [4.69, 9.17) is 0 Å². The molecule has 144 valence electrons. The van der Waals surface area contributed by atoms with E-state index in [1.807, 2.05) is 0 Å². The van der Waals surface area contributed by atoms with E-state index >= 15 is 0 Å². The molecule has 2 nitrogen and oxygen atoms in total. The Morgan fingerprint density at radius 1 is 0.731 bits per heavy atom. The molecular weight excluding hydrogens is 374 g/mol. The van der Waals surface area contributed by atoms with Gasteiger partial charge in [0.25, 0.3) is 0 Å². The fourth-order valence-corrected chi connectivity index (χ4v) is 15.7. The Morgan fingerprint density at radius 3 is 1.42 bits per heavy atom. The van der Waals surface area contributed by atoms with Crippen LogP contribution in [0.15, 0.2) is 28.1 Å². The first-order valence-electron chi connectivity index (χ1n) is 10.6. The predicted molar refractivity (Wildman–Crippen MR) is 114 cm³/mol. The van der Waals surface area contributed by atoms with Crippen molar-refractivity contribution in [3.8, 4) is 0 Å². The molecule has 2 heterocycles. The first-order valence-corrected chi connectivity index (χ1v) is 14.0. The second-order valence-electron chi connectivity index (χ2n) is 11.2. The van der Waals surface area contributed by atoms with Gasteiger partial charge in [0.15, 0.2) is 0 Å². The van der Waals surface area contributed by atoms with Gasteiger partial charge < -0.3 is 0 Å². The van der Waals surface area contributed by atoms with E-state index in [2.05, 4.69) is 86.6 Å². The second-order valence-corrected chi connectivity index (χ2v) is 16.2. The fraction of sp³-hybridized carbons (Fsp3) is 0.783. The van der Waals surface area contributed by atoms with Crippen LogP contribution in [0.4, 0.5) is 0 Å². The molecule has 2 fully saturated rings. The summed E-state index contributed by atoms with van der Waals surface area (Å²) in [5.74, 6) is 0. The summed E-state index contributed by atoms with van der Waals surface area (Å²) in [6.45, 7) is 20.0. The zero-order chi connectivity index (χ0) is 19.4. The van der Waals surface area contributed by atoms with Crippen LogP contribution in [0.5, 0.6) is 0 Å². The summed E-state index contributed by atoms with van der Waals surface area (Å²) >= 11 is -2.25. The monoisotopic (exact) mass is 412 g/mol. The van der Waals surface area contributed by atoms with Crippen molar-refractivity contribution < 1.29 is 0 Å². The van der Waals surface area contributed by atoms with Crippen LogP contribution in [0.1, 0.15) is 93.9 Å². The number of hydrogen-bond acceptors (Lipinski definition) is 2. The van der Waals surface area contributed by atoms with Crippen LogP contribution in [-0.4, -0.2) is 46.1 Å². The molecule has 0 atom stereocenters. The summed E-state index contributed by atoms with van der Waals surface area (Å²) in [5.41, 5.74) is 4.74. The third kappa shape index (κ3) is 3.58. The molecule has 26 heavy (non-hydrogen) atoms. The van der Waals surface area contributed by atoms with Crippen molar-refractivity contribution in [3.63, 3.8) is 0 Å². The molecule has 0 aromatic carbocycles. The Balaban J connectivity index is 2.17. The van der Waals surface area contributed by atoms with Crippen molar-refractivity contribution in [1.82, 2.24) is 7.21 Å². The topological polar surface area (TPSA) is 6.48 Å². The third-order valence-electron chi connectivity index (χ3n) is 7.15. The van der Waals surface area contributed by atoms with Crippen LogP contribution >= 0.6 is 0 Å². The van der Waals surface area contributed by atoms with Gasteiger partial charge in [-0.2, -0.15) is 0 Å². The Kier molecular flexibility index (Phi) is 5.30. The van der Waals surface area contributed by atoms with Gasteiger partial charge >= 0.3 is 168 Å². The molecule has 3 heteroatoms. The van der Waals surface area contributed by atoms with E-state index in [9.17, 15) is 0 Å². The van der Waals surface area contributed by atoms with Gasteiger partial charge in [-0.25, -0.2) is 0 Å². The van der Waals surface area contributed by atoms with Gasteiger partial charge in [-0.1, -0.05) is 0 Å². The van der Waals surface area contributed by atoms with Crippen molar-refractivity contribution in [1.29, 1.82) is 0 Å². The molecule has 0 N–H and O–H groups in total. The van der Waals surface area contributed by atoms with Gasteiger partial charge in [0.2, 0.25) is 0 Å². The summed E-state index contributed by atoms with van der Waals surface area (Å²) in [5, 5.41) is 0. The summed E-state index contributed by atoms with van der Waals surface area (Å²) in [6, 6.07) is 0. The van der Waals surface area contributed by atoms with E-state index in [1.54, 1.807) is 0 Å². The van der Waals surface area contributed by atoms with E-state index in [0.717, 1.165) is 0 Å². The first kappa shape index (κ1) is 20.5. The van der Waals surface area contributed by atoms with Crippen LogP contribution in [0, 0.1) is 0 Å². The second kappa shape index (κ2) is 6.71. The van der Waals surface area contributed by atoms with Crippen LogP contribution in [-0.2, 0) is 0 Å². The molecule has 0 spiro atoms. The Hall–Kier alpha value is -0.184. The first-order chi connectivity index (χ1) is 11.9. The van der Waals surface area contributed by atoms with Crippen LogP contribution in [0.25, 0.3) is 0 Å². The van der Waals surface area contributed by atoms with Gasteiger partial charge in [-0.15, -0.1) is 0 Å². The minimum absolute atomic E-state index is 0.265. The molecule has 1 aliphatic carbocycles. The third-order valence-corrected chi connectivity index (χ3v) is 17.0. The van der Waals surface area contributed by atoms with Crippen molar-refractivity contribution in [2.45, 2.75) is 116 Å². The normalized spacial score (nSPS) is 29.6. The molecule has 0 aromatic heterocycles. The van der Waals surface area contributed by atoms with Crippen molar-refractivity contribution in [3.05, 3.63) is 28.1 Å². The quantitative estimate of drug-likeness (QED) is 0.429. The summed E-state index contributed by atoms with van der Waals surface area (Å²) in [6.07, 6.45) is 14.7. The molecule has 0 unspecified atom stereocenters. The van der Waals surface area contributed by atoms with Crippen LogP contribution < -0.4 is 0 Å². The zero-order valence-electron chi connectivity index (χ0n) is 18.4. The van der Waals surface area contributed by atoms with Crippen molar-refractivity contribution in [2.24, 2.45) is 0 Å². The number of nitrogens with zero attached hydrogens (tertiary/aromatic N) is 2. The summed E-state index contributed by atoms with van der Waals surface area (Å²) < 4.78 is 7.58. The van der Waals surface area contributed by atoms with Crippen LogP contribution in [0.2, 0.25) is 0 Å². The molecule has 3 rings (SSSR count).